The maximum absolute atomic E-state index is 14.7. The number of imide groups is 1. The van der Waals surface area contributed by atoms with Gasteiger partial charge in [0.1, 0.15) is 41.9 Å². The first kappa shape index (κ1) is 27.7. The van der Waals surface area contributed by atoms with Crippen LogP contribution in [0.4, 0.5) is 13.6 Å². The normalized spacial score (nSPS) is 16.6. The molecule has 8 nitrogen and oxygen atoms in total. The number of carbonyl (C=O) groups excluding carboxylic acids is 2. The SMILES string of the molecule is C[C@@H](c1ccccc1)[C@@H](c1ncc(-c2c(F)cc(I)cc2F)[nH]1)N1C(=O)NC(c2ccc(OCCO)cc2)C1=O. The lowest BCUT2D eigenvalue weighted by atomic mass is 9.91. The van der Waals surface area contributed by atoms with Crippen LogP contribution in [0.2, 0.25) is 0 Å². The average molecular weight is 658 g/mol. The van der Waals surface area contributed by atoms with Crippen LogP contribution < -0.4 is 10.1 Å². The summed E-state index contributed by atoms with van der Waals surface area (Å²) in [5.41, 5.74) is 1.20. The Hall–Kier alpha value is -3.84. The van der Waals surface area contributed by atoms with E-state index in [0.717, 1.165) is 10.5 Å². The number of aromatic amines is 1. The molecule has 3 amide bonds. The number of aliphatic hydroxyl groups excluding tert-OH is 1. The number of amides is 3. The molecule has 1 aliphatic heterocycles. The molecule has 1 aromatic heterocycles. The van der Waals surface area contributed by atoms with E-state index in [1.54, 1.807) is 24.3 Å². The van der Waals surface area contributed by atoms with Crippen molar-refractivity contribution in [1.29, 1.82) is 0 Å². The smallest absolute Gasteiger partial charge is 0.325 e. The molecule has 3 N–H and O–H groups in total. The van der Waals surface area contributed by atoms with Gasteiger partial charge in [-0.25, -0.2) is 18.6 Å². The van der Waals surface area contributed by atoms with Gasteiger partial charge in [-0.2, -0.15) is 0 Å². The van der Waals surface area contributed by atoms with Crippen molar-refractivity contribution in [3.05, 3.63) is 105 Å². The second-order valence-corrected chi connectivity index (χ2v) is 10.5. The van der Waals surface area contributed by atoms with Gasteiger partial charge in [0.2, 0.25) is 0 Å². The number of carbonyl (C=O) groups is 2. The Kier molecular flexibility index (Phi) is 8.12. The zero-order chi connectivity index (χ0) is 28.4. The van der Waals surface area contributed by atoms with Gasteiger partial charge >= 0.3 is 6.03 Å². The van der Waals surface area contributed by atoms with Gasteiger partial charge in [-0.1, -0.05) is 49.4 Å². The number of hydrogen-bond donors (Lipinski definition) is 3. The highest BCUT2D eigenvalue weighted by Crippen LogP contribution is 2.39. The number of rotatable bonds is 9. The van der Waals surface area contributed by atoms with E-state index in [1.807, 2.05) is 59.8 Å². The van der Waals surface area contributed by atoms with Gasteiger partial charge in [0.25, 0.3) is 5.91 Å². The van der Waals surface area contributed by atoms with Crippen molar-refractivity contribution in [3.8, 4) is 17.0 Å². The van der Waals surface area contributed by atoms with Crippen LogP contribution in [0.1, 0.15) is 41.9 Å². The zero-order valence-electron chi connectivity index (χ0n) is 21.3. The monoisotopic (exact) mass is 658 g/mol. The average Bonchev–Trinajstić information content (AvgIpc) is 3.53. The molecule has 40 heavy (non-hydrogen) atoms. The molecule has 1 fully saturated rings. The summed E-state index contributed by atoms with van der Waals surface area (Å²) in [7, 11) is 0. The summed E-state index contributed by atoms with van der Waals surface area (Å²) in [6.07, 6.45) is 1.30. The van der Waals surface area contributed by atoms with E-state index >= 15 is 0 Å². The van der Waals surface area contributed by atoms with Gasteiger partial charge in [-0.05, 0) is 58.0 Å². The quantitative estimate of drug-likeness (QED) is 0.164. The number of nitrogens with zero attached hydrogens (tertiary/aromatic N) is 2. The molecular weight excluding hydrogens is 633 g/mol. The Bertz CT molecular complexity index is 1510. The molecule has 11 heteroatoms. The Balaban J connectivity index is 1.52. The van der Waals surface area contributed by atoms with Crippen molar-refractivity contribution in [1.82, 2.24) is 20.2 Å². The highest BCUT2D eigenvalue weighted by molar-refractivity contribution is 14.1. The summed E-state index contributed by atoms with van der Waals surface area (Å²) in [6, 6.07) is 15.9. The molecule has 0 spiro atoms. The first-order valence-corrected chi connectivity index (χ1v) is 13.6. The highest BCUT2D eigenvalue weighted by atomic mass is 127. The Morgan fingerprint density at radius 1 is 1.07 bits per heavy atom. The van der Waals surface area contributed by atoms with Gasteiger partial charge in [0, 0.05) is 9.49 Å². The fraction of sp³-hybridized carbons (Fsp3) is 0.207. The van der Waals surface area contributed by atoms with Gasteiger partial charge in [-0.3, -0.25) is 9.69 Å². The third-order valence-corrected chi connectivity index (χ3v) is 7.40. The maximum atomic E-state index is 14.7. The largest absolute Gasteiger partial charge is 0.491 e. The number of benzene rings is 3. The van der Waals surface area contributed by atoms with Crippen LogP contribution in [0.25, 0.3) is 11.3 Å². The minimum atomic E-state index is -0.953. The molecule has 0 radical (unpaired) electrons. The van der Waals surface area contributed by atoms with Gasteiger partial charge in [0.15, 0.2) is 0 Å². The molecule has 2 heterocycles. The van der Waals surface area contributed by atoms with Crippen LogP contribution in [-0.4, -0.2) is 45.1 Å². The molecule has 0 saturated carbocycles. The molecular formula is C29H25F2IN4O4. The zero-order valence-corrected chi connectivity index (χ0v) is 23.4. The van der Waals surface area contributed by atoms with Gasteiger partial charge in [-0.15, -0.1) is 0 Å². The van der Waals surface area contributed by atoms with Crippen LogP contribution in [0.3, 0.4) is 0 Å². The number of nitrogens with one attached hydrogen (secondary N) is 2. The predicted molar refractivity (Wildman–Crippen MR) is 151 cm³/mol. The summed E-state index contributed by atoms with van der Waals surface area (Å²) in [5.74, 6) is -1.70. The summed E-state index contributed by atoms with van der Waals surface area (Å²) < 4.78 is 35.3. The van der Waals surface area contributed by atoms with Crippen molar-refractivity contribution in [3.63, 3.8) is 0 Å². The maximum Gasteiger partial charge on any atom is 0.325 e. The van der Waals surface area contributed by atoms with Crippen LogP contribution in [0.5, 0.6) is 5.75 Å². The van der Waals surface area contributed by atoms with Crippen LogP contribution in [-0.2, 0) is 4.79 Å². The van der Waals surface area contributed by atoms with E-state index in [4.69, 9.17) is 9.84 Å². The van der Waals surface area contributed by atoms with E-state index in [2.05, 4.69) is 15.3 Å². The first-order chi connectivity index (χ1) is 19.3. The molecule has 1 saturated heterocycles. The highest BCUT2D eigenvalue weighted by Gasteiger charge is 2.46. The lowest BCUT2D eigenvalue weighted by Crippen LogP contribution is -2.38. The van der Waals surface area contributed by atoms with E-state index in [0.29, 0.717) is 14.9 Å². The van der Waals surface area contributed by atoms with Crippen molar-refractivity contribution in [2.45, 2.75) is 24.9 Å². The van der Waals surface area contributed by atoms with E-state index < -0.39 is 41.6 Å². The number of aliphatic hydroxyl groups is 1. The molecule has 0 bridgehead atoms. The van der Waals surface area contributed by atoms with Crippen molar-refractivity contribution in [2.75, 3.05) is 13.2 Å². The molecule has 1 unspecified atom stereocenters. The van der Waals surface area contributed by atoms with Crippen molar-refractivity contribution >= 4 is 34.5 Å². The number of urea groups is 1. The minimum Gasteiger partial charge on any atom is -0.491 e. The third kappa shape index (κ3) is 5.43. The summed E-state index contributed by atoms with van der Waals surface area (Å²) in [6.45, 7) is 1.86. The number of aromatic nitrogens is 2. The van der Waals surface area contributed by atoms with E-state index in [1.165, 1.54) is 18.3 Å². The lowest BCUT2D eigenvalue weighted by Gasteiger charge is -2.29. The topological polar surface area (TPSA) is 108 Å². The molecule has 3 atom stereocenters. The fourth-order valence-corrected chi connectivity index (χ4v) is 5.39. The molecule has 1 aliphatic rings. The second-order valence-electron chi connectivity index (χ2n) is 9.30. The number of ether oxygens (including phenoxy) is 1. The Morgan fingerprint density at radius 3 is 2.40 bits per heavy atom. The van der Waals surface area contributed by atoms with Crippen molar-refractivity contribution < 1.29 is 28.2 Å². The minimum absolute atomic E-state index is 0.0914. The Labute approximate surface area is 242 Å². The molecule has 3 aromatic carbocycles. The third-order valence-electron chi connectivity index (χ3n) is 6.77. The fourth-order valence-electron chi connectivity index (χ4n) is 4.84. The van der Waals surface area contributed by atoms with E-state index in [-0.39, 0.29) is 30.3 Å². The summed E-state index contributed by atoms with van der Waals surface area (Å²) >= 11 is 1.83. The predicted octanol–water partition coefficient (Wildman–Crippen LogP) is 5.47. The number of imidazole rings is 1. The van der Waals surface area contributed by atoms with Crippen LogP contribution >= 0.6 is 22.6 Å². The lowest BCUT2D eigenvalue weighted by molar-refractivity contribution is -0.129. The Morgan fingerprint density at radius 2 is 1.75 bits per heavy atom. The summed E-state index contributed by atoms with van der Waals surface area (Å²) in [4.78, 5) is 35.6. The number of halogens is 3. The molecule has 5 rings (SSSR count). The molecule has 4 aromatic rings. The summed E-state index contributed by atoms with van der Waals surface area (Å²) in [5, 5.41) is 11.7. The number of H-pyrrole nitrogens is 1. The van der Waals surface area contributed by atoms with Crippen molar-refractivity contribution in [2.24, 2.45) is 0 Å². The van der Waals surface area contributed by atoms with E-state index in [9.17, 15) is 18.4 Å². The second kappa shape index (κ2) is 11.7. The standard InChI is InChI=1S/C29H25F2IN4O4/c1-16(17-5-3-2-4-6-17)26(27-33-15-23(34-27)24-21(30)13-19(32)14-22(24)31)36-28(38)25(35-29(36)39)18-7-9-20(10-8-18)40-12-11-37/h2-10,13-16,25-26,37H,11-12H2,1H3,(H,33,34)(H,35,39)/t16-,25?,26-/m0/s1. The number of hydrogen-bond acceptors (Lipinski definition) is 5. The van der Waals surface area contributed by atoms with Gasteiger partial charge in [0.05, 0.1) is 24.1 Å². The molecule has 0 aliphatic carbocycles. The van der Waals surface area contributed by atoms with Gasteiger partial charge < -0.3 is 20.1 Å². The van der Waals surface area contributed by atoms with Crippen LogP contribution in [0.15, 0.2) is 72.9 Å². The molecule has 206 valence electrons. The van der Waals surface area contributed by atoms with Crippen LogP contribution in [0, 0.1) is 15.2 Å². The first-order valence-electron chi connectivity index (χ1n) is 12.5.